The molecule has 2 rings (SSSR count). The fourth-order valence-corrected chi connectivity index (χ4v) is 2.54. The summed E-state index contributed by atoms with van der Waals surface area (Å²) in [6.07, 6.45) is 2.79. The number of hydrogen-bond donors (Lipinski definition) is 2. The lowest BCUT2D eigenvalue weighted by atomic mass is 9.90. The second-order valence-electron chi connectivity index (χ2n) is 4.58. The normalized spacial score (nSPS) is 27.9. The summed E-state index contributed by atoms with van der Waals surface area (Å²) >= 11 is 0. The van der Waals surface area contributed by atoms with E-state index in [9.17, 15) is 5.11 Å². The van der Waals surface area contributed by atoms with Crippen molar-refractivity contribution in [1.29, 1.82) is 0 Å². The SMILES string of the molecule is CC(N)c1ccccc1C1CCC(O)C1. The van der Waals surface area contributed by atoms with Gasteiger partial charge in [-0.25, -0.2) is 0 Å². The molecule has 1 saturated carbocycles. The van der Waals surface area contributed by atoms with Crippen LogP contribution in [0.25, 0.3) is 0 Å². The Morgan fingerprint density at radius 2 is 2.07 bits per heavy atom. The molecule has 0 saturated heterocycles. The largest absolute Gasteiger partial charge is 0.393 e. The fraction of sp³-hybridized carbons (Fsp3) is 0.538. The van der Waals surface area contributed by atoms with Gasteiger partial charge in [0.05, 0.1) is 6.10 Å². The Bertz CT molecular complexity index is 335. The van der Waals surface area contributed by atoms with Gasteiger partial charge in [-0.1, -0.05) is 24.3 Å². The van der Waals surface area contributed by atoms with Crippen molar-refractivity contribution < 1.29 is 5.11 Å². The zero-order valence-corrected chi connectivity index (χ0v) is 9.19. The smallest absolute Gasteiger partial charge is 0.0546 e. The van der Waals surface area contributed by atoms with Gasteiger partial charge in [-0.2, -0.15) is 0 Å². The minimum absolute atomic E-state index is 0.0824. The van der Waals surface area contributed by atoms with E-state index in [1.54, 1.807) is 0 Å². The summed E-state index contributed by atoms with van der Waals surface area (Å²) in [5, 5.41) is 9.56. The molecular formula is C13H19NO. The van der Waals surface area contributed by atoms with E-state index in [0.29, 0.717) is 5.92 Å². The zero-order chi connectivity index (χ0) is 10.8. The predicted molar refractivity (Wildman–Crippen MR) is 61.6 cm³/mol. The molecule has 1 fully saturated rings. The highest BCUT2D eigenvalue weighted by Gasteiger charge is 2.26. The molecule has 3 atom stereocenters. The van der Waals surface area contributed by atoms with Crippen LogP contribution in [0.5, 0.6) is 0 Å². The molecule has 2 heteroatoms. The lowest BCUT2D eigenvalue weighted by Gasteiger charge is -2.17. The third-order valence-electron chi connectivity index (χ3n) is 3.33. The van der Waals surface area contributed by atoms with Crippen LogP contribution in [-0.2, 0) is 0 Å². The van der Waals surface area contributed by atoms with E-state index in [0.717, 1.165) is 19.3 Å². The summed E-state index contributed by atoms with van der Waals surface area (Å²) in [7, 11) is 0. The van der Waals surface area contributed by atoms with Gasteiger partial charge >= 0.3 is 0 Å². The number of rotatable bonds is 2. The Morgan fingerprint density at radius 3 is 2.67 bits per heavy atom. The van der Waals surface area contributed by atoms with Crippen LogP contribution in [0.4, 0.5) is 0 Å². The number of benzene rings is 1. The molecule has 0 aromatic heterocycles. The molecule has 1 aliphatic rings. The van der Waals surface area contributed by atoms with Crippen LogP contribution in [-0.4, -0.2) is 11.2 Å². The van der Waals surface area contributed by atoms with E-state index < -0.39 is 0 Å². The highest BCUT2D eigenvalue weighted by Crippen LogP contribution is 2.37. The van der Waals surface area contributed by atoms with E-state index in [1.807, 2.05) is 13.0 Å². The van der Waals surface area contributed by atoms with Gasteiger partial charge in [0, 0.05) is 6.04 Å². The Kier molecular flexibility index (Phi) is 3.08. The lowest BCUT2D eigenvalue weighted by molar-refractivity contribution is 0.181. The number of nitrogens with two attached hydrogens (primary N) is 1. The minimum Gasteiger partial charge on any atom is -0.393 e. The molecule has 1 aromatic carbocycles. The maximum Gasteiger partial charge on any atom is 0.0546 e. The summed E-state index contributed by atoms with van der Waals surface area (Å²) in [4.78, 5) is 0. The van der Waals surface area contributed by atoms with Crippen molar-refractivity contribution in [3.63, 3.8) is 0 Å². The van der Waals surface area contributed by atoms with Crippen molar-refractivity contribution in [2.45, 2.75) is 44.2 Å². The molecule has 82 valence electrons. The lowest BCUT2D eigenvalue weighted by Crippen LogP contribution is -2.10. The second kappa shape index (κ2) is 4.33. The first-order chi connectivity index (χ1) is 7.18. The summed E-state index contributed by atoms with van der Waals surface area (Å²) in [6, 6.07) is 8.44. The van der Waals surface area contributed by atoms with Gasteiger partial charge in [0.2, 0.25) is 0 Å². The Balaban J connectivity index is 2.27. The van der Waals surface area contributed by atoms with Gasteiger partial charge in [-0.3, -0.25) is 0 Å². The van der Waals surface area contributed by atoms with Crippen molar-refractivity contribution in [3.05, 3.63) is 35.4 Å². The zero-order valence-electron chi connectivity index (χ0n) is 9.19. The maximum absolute atomic E-state index is 9.56. The van der Waals surface area contributed by atoms with Crippen LogP contribution in [0, 0.1) is 0 Å². The number of aliphatic hydroxyl groups excluding tert-OH is 1. The average Bonchev–Trinajstić information content (AvgIpc) is 2.65. The van der Waals surface area contributed by atoms with Crippen molar-refractivity contribution in [1.82, 2.24) is 0 Å². The highest BCUT2D eigenvalue weighted by atomic mass is 16.3. The number of hydrogen-bond acceptors (Lipinski definition) is 2. The van der Waals surface area contributed by atoms with Gasteiger partial charge in [-0.15, -0.1) is 0 Å². The molecular weight excluding hydrogens is 186 g/mol. The van der Waals surface area contributed by atoms with Gasteiger partial charge in [0.15, 0.2) is 0 Å². The quantitative estimate of drug-likeness (QED) is 0.778. The molecule has 3 unspecified atom stereocenters. The van der Waals surface area contributed by atoms with Gasteiger partial charge < -0.3 is 10.8 Å². The summed E-state index contributed by atoms with van der Waals surface area (Å²) in [5.74, 6) is 0.502. The molecule has 3 N–H and O–H groups in total. The van der Waals surface area contributed by atoms with Crippen LogP contribution in [0.3, 0.4) is 0 Å². The van der Waals surface area contributed by atoms with E-state index in [-0.39, 0.29) is 12.1 Å². The van der Waals surface area contributed by atoms with Gasteiger partial charge in [0.25, 0.3) is 0 Å². The highest BCUT2D eigenvalue weighted by molar-refractivity contribution is 5.33. The Morgan fingerprint density at radius 1 is 1.33 bits per heavy atom. The molecule has 0 heterocycles. The second-order valence-corrected chi connectivity index (χ2v) is 4.58. The topological polar surface area (TPSA) is 46.2 Å². The summed E-state index contributed by atoms with van der Waals surface area (Å²) in [6.45, 7) is 2.02. The van der Waals surface area contributed by atoms with Crippen LogP contribution in [0.15, 0.2) is 24.3 Å². The van der Waals surface area contributed by atoms with Crippen molar-refractivity contribution >= 4 is 0 Å². The average molecular weight is 205 g/mol. The molecule has 0 bridgehead atoms. The van der Waals surface area contributed by atoms with E-state index in [1.165, 1.54) is 11.1 Å². The third kappa shape index (κ3) is 2.21. The molecule has 15 heavy (non-hydrogen) atoms. The van der Waals surface area contributed by atoms with E-state index >= 15 is 0 Å². The maximum atomic E-state index is 9.56. The minimum atomic E-state index is -0.115. The van der Waals surface area contributed by atoms with Crippen LogP contribution >= 0.6 is 0 Å². The van der Waals surface area contributed by atoms with Crippen molar-refractivity contribution in [3.8, 4) is 0 Å². The molecule has 1 aromatic rings. The van der Waals surface area contributed by atoms with Crippen LogP contribution in [0.1, 0.15) is 49.3 Å². The Labute approximate surface area is 91.1 Å². The standard InChI is InChI=1S/C13H19NO/c1-9(14)12-4-2-3-5-13(12)10-6-7-11(15)8-10/h2-5,9-11,15H,6-8,14H2,1H3. The van der Waals surface area contributed by atoms with E-state index in [4.69, 9.17) is 5.73 Å². The van der Waals surface area contributed by atoms with Crippen LogP contribution in [0.2, 0.25) is 0 Å². The molecule has 0 radical (unpaired) electrons. The van der Waals surface area contributed by atoms with Crippen molar-refractivity contribution in [2.75, 3.05) is 0 Å². The fourth-order valence-electron chi connectivity index (χ4n) is 2.54. The first-order valence-electron chi connectivity index (χ1n) is 5.71. The molecule has 1 aliphatic carbocycles. The molecule has 0 aliphatic heterocycles. The van der Waals surface area contributed by atoms with E-state index in [2.05, 4.69) is 18.2 Å². The predicted octanol–water partition coefficient (Wildman–Crippen LogP) is 2.33. The van der Waals surface area contributed by atoms with Crippen molar-refractivity contribution in [2.24, 2.45) is 5.73 Å². The summed E-state index contributed by atoms with van der Waals surface area (Å²) in [5.41, 5.74) is 8.52. The first kappa shape index (κ1) is 10.7. The van der Waals surface area contributed by atoms with Gasteiger partial charge in [-0.05, 0) is 43.2 Å². The monoisotopic (exact) mass is 205 g/mol. The molecule has 2 nitrogen and oxygen atoms in total. The third-order valence-corrected chi connectivity index (χ3v) is 3.33. The molecule has 0 spiro atoms. The van der Waals surface area contributed by atoms with Gasteiger partial charge in [0.1, 0.15) is 0 Å². The number of aliphatic hydroxyl groups is 1. The Hall–Kier alpha value is -0.860. The first-order valence-corrected chi connectivity index (χ1v) is 5.71. The molecule has 0 amide bonds. The summed E-state index contributed by atoms with van der Waals surface area (Å²) < 4.78 is 0. The van der Waals surface area contributed by atoms with Crippen LogP contribution < -0.4 is 5.73 Å².